The van der Waals surface area contributed by atoms with Crippen molar-refractivity contribution in [3.05, 3.63) is 16.1 Å². The van der Waals surface area contributed by atoms with Crippen LogP contribution >= 0.6 is 35.3 Å². The van der Waals surface area contributed by atoms with Crippen LogP contribution in [-0.2, 0) is 21.4 Å². The molecule has 1 N–H and O–H groups in total. The Morgan fingerprint density at radius 1 is 1.31 bits per heavy atom. The van der Waals surface area contributed by atoms with Crippen LogP contribution in [0.15, 0.2) is 10.4 Å². The molecular formula is C21H37IN4O2S. The first-order valence-corrected chi connectivity index (χ1v) is 11.5. The third kappa shape index (κ3) is 7.63. The highest BCUT2D eigenvalue weighted by Crippen LogP contribution is 2.24. The Balaban J connectivity index is 0.00000300. The second-order valence-corrected chi connectivity index (χ2v) is 9.73. The van der Waals surface area contributed by atoms with Gasteiger partial charge in [-0.15, -0.1) is 35.3 Å². The minimum atomic E-state index is 0. The number of likely N-dealkylation sites (tertiary alicyclic amines) is 1. The Morgan fingerprint density at radius 2 is 2.07 bits per heavy atom. The van der Waals surface area contributed by atoms with Crippen LogP contribution in [0.25, 0.3) is 0 Å². The maximum Gasteiger partial charge on any atom is 0.193 e. The highest BCUT2D eigenvalue weighted by Gasteiger charge is 2.24. The highest BCUT2D eigenvalue weighted by molar-refractivity contribution is 14.0. The zero-order chi connectivity index (χ0) is 20.0. The van der Waals surface area contributed by atoms with Gasteiger partial charge in [0.15, 0.2) is 5.96 Å². The summed E-state index contributed by atoms with van der Waals surface area (Å²) in [4.78, 5) is 11.6. The minimum absolute atomic E-state index is 0. The largest absolute Gasteiger partial charge is 0.376 e. The number of hydrogen-bond acceptors (Lipinski definition) is 5. The molecule has 2 saturated heterocycles. The number of piperidine rings is 1. The maximum absolute atomic E-state index is 6.13. The van der Waals surface area contributed by atoms with Crippen molar-refractivity contribution in [2.24, 2.45) is 4.99 Å². The smallest absolute Gasteiger partial charge is 0.193 e. The predicted molar refractivity (Wildman–Crippen MR) is 131 cm³/mol. The lowest BCUT2D eigenvalue weighted by molar-refractivity contribution is -0.0721. The van der Waals surface area contributed by atoms with Crippen LogP contribution in [0.2, 0.25) is 0 Å². The molecule has 8 heteroatoms. The van der Waals surface area contributed by atoms with E-state index in [1.54, 1.807) is 11.3 Å². The van der Waals surface area contributed by atoms with E-state index in [1.165, 1.54) is 12.8 Å². The van der Waals surface area contributed by atoms with E-state index in [0.29, 0.717) is 12.2 Å². The first kappa shape index (κ1) is 24.8. The summed E-state index contributed by atoms with van der Waals surface area (Å²) in [6, 6.07) is 0. The van der Waals surface area contributed by atoms with Crippen molar-refractivity contribution in [2.75, 3.05) is 33.4 Å². The van der Waals surface area contributed by atoms with E-state index in [1.807, 2.05) is 7.05 Å². The van der Waals surface area contributed by atoms with Gasteiger partial charge < -0.3 is 19.7 Å². The van der Waals surface area contributed by atoms with E-state index < -0.39 is 0 Å². The summed E-state index contributed by atoms with van der Waals surface area (Å²) in [6.07, 6.45) is 6.33. The Morgan fingerprint density at radius 3 is 2.66 bits per heavy atom. The van der Waals surface area contributed by atoms with Crippen molar-refractivity contribution in [3.8, 4) is 0 Å². The van der Waals surface area contributed by atoms with Crippen LogP contribution in [-0.4, -0.2) is 61.4 Å². The van der Waals surface area contributed by atoms with Gasteiger partial charge >= 0.3 is 0 Å². The minimum Gasteiger partial charge on any atom is -0.376 e. The van der Waals surface area contributed by atoms with E-state index in [9.17, 15) is 0 Å². The van der Waals surface area contributed by atoms with Gasteiger partial charge in [0.25, 0.3) is 0 Å². The molecule has 3 rings (SSSR count). The summed E-state index contributed by atoms with van der Waals surface area (Å²) >= 11 is 1.72. The molecule has 0 spiro atoms. The molecule has 0 saturated carbocycles. The number of halogens is 1. The van der Waals surface area contributed by atoms with Crippen molar-refractivity contribution in [2.45, 2.75) is 77.0 Å². The summed E-state index contributed by atoms with van der Waals surface area (Å²) in [6.45, 7) is 10.9. The molecule has 3 heterocycles. The molecule has 166 valence electrons. The van der Waals surface area contributed by atoms with Gasteiger partial charge in [-0.2, -0.15) is 0 Å². The molecule has 0 aliphatic carbocycles. The Kier molecular flexibility index (Phi) is 10.1. The van der Waals surface area contributed by atoms with Crippen LogP contribution in [0.1, 0.15) is 63.6 Å². The zero-order valence-electron chi connectivity index (χ0n) is 18.3. The zero-order valence-corrected chi connectivity index (χ0v) is 21.4. The van der Waals surface area contributed by atoms with Crippen molar-refractivity contribution < 1.29 is 9.47 Å². The lowest BCUT2D eigenvalue weighted by atomic mass is 9.93. The van der Waals surface area contributed by atoms with Gasteiger partial charge in [0.05, 0.1) is 31.1 Å². The Hall–Kier alpha value is -0.450. The number of aliphatic imine (C=N–C) groups is 1. The maximum atomic E-state index is 6.13. The first-order chi connectivity index (χ1) is 13.5. The van der Waals surface area contributed by atoms with Crippen LogP contribution in [0.5, 0.6) is 0 Å². The van der Waals surface area contributed by atoms with E-state index in [2.05, 4.69) is 41.4 Å². The molecule has 1 unspecified atom stereocenters. The molecule has 6 nitrogen and oxygen atoms in total. The number of aromatic nitrogens is 1. The number of rotatable bonds is 5. The molecule has 29 heavy (non-hydrogen) atoms. The lowest BCUT2D eigenvalue weighted by Gasteiger charge is -2.35. The van der Waals surface area contributed by atoms with E-state index >= 15 is 0 Å². The second kappa shape index (κ2) is 11.8. The molecule has 1 atom stereocenters. The van der Waals surface area contributed by atoms with Gasteiger partial charge in [-0.3, -0.25) is 4.99 Å². The predicted octanol–water partition coefficient (Wildman–Crippen LogP) is 4.18. The van der Waals surface area contributed by atoms with Gasteiger partial charge in [-0.25, -0.2) is 4.98 Å². The lowest BCUT2D eigenvalue weighted by Crippen LogP contribution is -2.47. The van der Waals surface area contributed by atoms with E-state index in [0.717, 1.165) is 68.8 Å². The molecule has 2 fully saturated rings. The monoisotopic (exact) mass is 536 g/mol. The molecule has 2 aliphatic heterocycles. The number of thiazole rings is 1. The summed E-state index contributed by atoms with van der Waals surface area (Å²) in [5, 5.41) is 6.76. The first-order valence-electron chi connectivity index (χ1n) is 10.6. The fraction of sp³-hybridized carbons (Fsp3) is 0.810. The Bertz CT molecular complexity index is 633. The average molecular weight is 537 g/mol. The highest BCUT2D eigenvalue weighted by atomic mass is 127. The molecule has 1 aromatic rings. The van der Waals surface area contributed by atoms with Gasteiger partial charge in [0.2, 0.25) is 0 Å². The standard InChI is InChI=1S/C21H36N4O2S.HI/c1-21(2,3)18-15-28-19(24-18)13-23-20(22-4)25-10-8-16(9-11-25)27-14-17-7-5-6-12-26-17;/h15-17H,5-14H2,1-4H3,(H,22,23);1H. The third-order valence-corrected chi connectivity index (χ3v) is 6.31. The number of nitrogens with zero attached hydrogens (tertiary/aromatic N) is 3. The number of guanidine groups is 1. The quantitative estimate of drug-likeness (QED) is 0.348. The molecule has 0 bridgehead atoms. The summed E-state index contributed by atoms with van der Waals surface area (Å²) in [7, 11) is 1.85. The van der Waals surface area contributed by atoms with Gasteiger partial charge in [-0.05, 0) is 32.1 Å². The van der Waals surface area contributed by atoms with Crippen LogP contribution in [0, 0.1) is 0 Å². The van der Waals surface area contributed by atoms with Gasteiger partial charge in [-0.1, -0.05) is 20.8 Å². The van der Waals surface area contributed by atoms with Crippen LogP contribution in [0.3, 0.4) is 0 Å². The molecule has 0 aromatic carbocycles. The molecule has 1 aromatic heterocycles. The van der Waals surface area contributed by atoms with Crippen molar-refractivity contribution in [1.29, 1.82) is 0 Å². The van der Waals surface area contributed by atoms with Crippen LogP contribution in [0.4, 0.5) is 0 Å². The SMILES string of the molecule is CN=C(NCc1nc(C(C)(C)C)cs1)N1CCC(OCC2CCCCO2)CC1.I. The summed E-state index contributed by atoms with van der Waals surface area (Å²) in [5.41, 5.74) is 1.25. The topological polar surface area (TPSA) is 59.0 Å². The molecule has 0 amide bonds. The van der Waals surface area contributed by atoms with Crippen molar-refractivity contribution in [1.82, 2.24) is 15.2 Å². The van der Waals surface area contributed by atoms with Crippen molar-refractivity contribution in [3.63, 3.8) is 0 Å². The van der Waals surface area contributed by atoms with Crippen LogP contribution < -0.4 is 5.32 Å². The fourth-order valence-electron chi connectivity index (χ4n) is 3.64. The van der Waals surface area contributed by atoms with E-state index in [-0.39, 0.29) is 29.4 Å². The fourth-order valence-corrected chi connectivity index (χ4v) is 4.60. The molecule has 2 aliphatic rings. The molecule has 0 radical (unpaired) electrons. The van der Waals surface area contributed by atoms with Gasteiger partial charge in [0, 0.05) is 37.5 Å². The molecular weight excluding hydrogens is 499 g/mol. The number of ether oxygens (including phenoxy) is 2. The Labute approximate surface area is 196 Å². The van der Waals surface area contributed by atoms with E-state index in [4.69, 9.17) is 14.5 Å². The third-order valence-electron chi connectivity index (χ3n) is 5.46. The summed E-state index contributed by atoms with van der Waals surface area (Å²) < 4.78 is 11.9. The van der Waals surface area contributed by atoms with Crippen molar-refractivity contribution >= 4 is 41.3 Å². The average Bonchev–Trinajstić information content (AvgIpc) is 3.18. The van der Waals surface area contributed by atoms with Gasteiger partial charge in [0.1, 0.15) is 5.01 Å². The second-order valence-electron chi connectivity index (χ2n) is 8.79. The summed E-state index contributed by atoms with van der Waals surface area (Å²) in [5.74, 6) is 0.960. The number of hydrogen-bond donors (Lipinski definition) is 1. The normalized spacial score (nSPS) is 21.7. The number of nitrogens with one attached hydrogen (secondary N) is 1.